The number of unbranched alkanes of at least 4 members (excludes halogenated alkanes) is 1. The first-order chi connectivity index (χ1) is 7.33. The maximum Gasteiger partial charge on any atom is 0.317 e. The lowest BCUT2D eigenvalue weighted by Gasteiger charge is -2.23. The molecule has 0 aromatic heterocycles. The van der Waals surface area contributed by atoms with E-state index >= 15 is 0 Å². The molecule has 0 bridgehead atoms. The van der Waals surface area contributed by atoms with Gasteiger partial charge in [0.25, 0.3) is 0 Å². The van der Waals surface area contributed by atoms with Gasteiger partial charge in [-0.05, 0) is 18.8 Å². The lowest BCUT2D eigenvalue weighted by atomic mass is 10.1. The Hall–Kier alpha value is -0.770. The Morgan fingerprint density at radius 3 is 3.20 bits per heavy atom. The normalized spacial score (nSPS) is 29.3. The van der Waals surface area contributed by atoms with Gasteiger partial charge in [-0.15, -0.1) is 0 Å². The molecule has 4 heteroatoms. The van der Waals surface area contributed by atoms with Gasteiger partial charge in [0.2, 0.25) is 0 Å². The van der Waals surface area contributed by atoms with Crippen molar-refractivity contribution < 1.29 is 4.79 Å². The van der Waals surface area contributed by atoms with Gasteiger partial charge in [-0.2, -0.15) is 0 Å². The summed E-state index contributed by atoms with van der Waals surface area (Å²) in [6, 6.07) is 0.589. The number of rotatable bonds is 3. The van der Waals surface area contributed by atoms with Crippen LogP contribution in [0.1, 0.15) is 26.2 Å². The van der Waals surface area contributed by atoms with Crippen LogP contribution in [0.25, 0.3) is 0 Å². The highest BCUT2D eigenvalue weighted by Crippen LogP contribution is 2.26. The van der Waals surface area contributed by atoms with Gasteiger partial charge in [-0.3, -0.25) is 0 Å². The first-order valence-electron chi connectivity index (χ1n) is 6.08. The summed E-state index contributed by atoms with van der Waals surface area (Å²) < 4.78 is 0. The number of hydrogen-bond acceptors (Lipinski definition) is 2. The SMILES string of the molecule is CCCCNC(=O)N1CC[C@H]2CNC[C@H]21. The molecule has 4 nitrogen and oxygen atoms in total. The lowest BCUT2D eigenvalue weighted by Crippen LogP contribution is -2.45. The van der Waals surface area contributed by atoms with Crippen molar-refractivity contribution in [1.29, 1.82) is 0 Å². The first-order valence-corrected chi connectivity index (χ1v) is 6.08. The van der Waals surface area contributed by atoms with E-state index < -0.39 is 0 Å². The Kier molecular flexibility index (Phi) is 3.46. The van der Waals surface area contributed by atoms with Gasteiger partial charge in [0.15, 0.2) is 0 Å². The molecular formula is C11H21N3O. The number of hydrogen-bond donors (Lipinski definition) is 2. The van der Waals surface area contributed by atoms with Crippen LogP contribution in [-0.4, -0.2) is 43.2 Å². The van der Waals surface area contributed by atoms with Crippen LogP contribution in [0.5, 0.6) is 0 Å². The summed E-state index contributed by atoms with van der Waals surface area (Å²) in [5.41, 5.74) is 0. The van der Waals surface area contributed by atoms with Gasteiger partial charge in [0, 0.05) is 32.2 Å². The molecule has 2 heterocycles. The van der Waals surface area contributed by atoms with Crippen LogP contribution in [0, 0.1) is 5.92 Å². The maximum atomic E-state index is 11.8. The Bertz CT molecular complexity index is 232. The standard InChI is InChI=1S/C11H21N3O/c1-2-3-5-13-11(15)14-6-4-9-7-12-8-10(9)14/h9-10,12H,2-8H2,1H3,(H,13,15)/t9-,10+/m0/s1. The summed E-state index contributed by atoms with van der Waals surface area (Å²) in [6.07, 6.45) is 3.37. The molecule has 0 aliphatic carbocycles. The molecule has 2 amide bonds. The van der Waals surface area contributed by atoms with Crippen LogP contribution >= 0.6 is 0 Å². The summed E-state index contributed by atoms with van der Waals surface area (Å²) in [6.45, 7) is 5.96. The molecule has 86 valence electrons. The second-order valence-electron chi connectivity index (χ2n) is 4.55. The molecule has 15 heavy (non-hydrogen) atoms. The minimum absolute atomic E-state index is 0.139. The third kappa shape index (κ3) is 2.25. The fourth-order valence-electron chi connectivity index (χ4n) is 2.57. The minimum Gasteiger partial charge on any atom is -0.338 e. The molecular weight excluding hydrogens is 190 g/mol. The summed E-state index contributed by atoms with van der Waals surface area (Å²) in [7, 11) is 0. The molecule has 2 saturated heterocycles. The molecule has 2 fully saturated rings. The molecule has 2 aliphatic rings. The van der Waals surface area contributed by atoms with Gasteiger partial charge >= 0.3 is 6.03 Å². The number of urea groups is 1. The average molecular weight is 211 g/mol. The van der Waals surface area contributed by atoms with Crippen molar-refractivity contribution in [1.82, 2.24) is 15.5 Å². The number of nitrogens with one attached hydrogen (secondary N) is 2. The Balaban J connectivity index is 1.80. The predicted molar refractivity (Wildman–Crippen MR) is 59.8 cm³/mol. The summed E-state index contributed by atoms with van der Waals surface area (Å²) in [5, 5.41) is 6.35. The quantitative estimate of drug-likeness (QED) is 0.678. The molecule has 0 aromatic rings. The Morgan fingerprint density at radius 2 is 2.40 bits per heavy atom. The van der Waals surface area contributed by atoms with Crippen molar-refractivity contribution in [2.24, 2.45) is 5.92 Å². The molecule has 0 saturated carbocycles. The second-order valence-corrected chi connectivity index (χ2v) is 4.55. The monoisotopic (exact) mass is 211 g/mol. The molecule has 2 rings (SSSR count). The van der Waals surface area contributed by atoms with Crippen LogP contribution in [0.2, 0.25) is 0 Å². The van der Waals surface area contributed by atoms with E-state index in [1.165, 1.54) is 6.42 Å². The zero-order valence-corrected chi connectivity index (χ0v) is 9.46. The van der Waals surface area contributed by atoms with E-state index in [2.05, 4.69) is 17.6 Å². The third-order valence-corrected chi connectivity index (χ3v) is 3.51. The smallest absolute Gasteiger partial charge is 0.317 e. The number of fused-ring (bicyclic) bond motifs is 1. The Labute approximate surface area is 91.4 Å². The van der Waals surface area contributed by atoms with Crippen LogP contribution < -0.4 is 10.6 Å². The molecule has 0 radical (unpaired) electrons. The van der Waals surface area contributed by atoms with Crippen LogP contribution in [0.15, 0.2) is 0 Å². The zero-order chi connectivity index (χ0) is 10.7. The van der Waals surface area contributed by atoms with E-state index in [0.717, 1.165) is 39.0 Å². The van der Waals surface area contributed by atoms with Gasteiger partial charge in [0.05, 0.1) is 0 Å². The van der Waals surface area contributed by atoms with Gasteiger partial charge < -0.3 is 15.5 Å². The van der Waals surface area contributed by atoms with Crippen molar-refractivity contribution in [2.45, 2.75) is 32.2 Å². The largest absolute Gasteiger partial charge is 0.338 e. The second kappa shape index (κ2) is 4.84. The van der Waals surface area contributed by atoms with Crippen molar-refractivity contribution >= 4 is 6.03 Å². The topological polar surface area (TPSA) is 44.4 Å². The van der Waals surface area contributed by atoms with E-state index in [9.17, 15) is 4.79 Å². The number of carbonyl (C=O) groups is 1. The highest BCUT2D eigenvalue weighted by atomic mass is 16.2. The summed E-state index contributed by atoms with van der Waals surface area (Å²) >= 11 is 0. The number of amides is 2. The molecule has 0 spiro atoms. The molecule has 0 unspecified atom stereocenters. The van der Waals surface area contributed by atoms with Crippen molar-refractivity contribution in [3.63, 3.8) is 0 Å². The minimum atomic E-state index is 0.139. The van der Waals surface area contributed by atoms with Gasteiger partial charge in [-0.25, -0.2) is 4.79 Å². The van der Waals surface area contributed by atoms with E-state index in [1.54, 1.807) is 0 Å². The highest BCUT2D eigenvalue weighted by Gasteiger charge is 2.39. The number of nitrogens with zero attached hydrogens (tertiary/aromatic N) is 1. The van der Waals surface area contributed by atoms with E-state index in [1.807, 2.05) is 4.90 Å². The third-order valence-electron chi connectivity index (χ3n) is 3.51. The Morgan fingerprint density at radius 1 is 1.53 bits per heavy atom. The summed E-state index contributed by atoms with van der Waals surface area (Å²) in [5.74, 6) is 0.696. The average Bonchev–Trinajstić information content (AvgIpc) is 2.78. The first kappa shape index (κ1) is 10.7. The van der Waals surface area contributed by atoms with Crippen LogP contribution in [0.4, 0.5) is 4.79 Å². The molecule has 0 aromatic carbocycles. The van der Waals surface area contributed by atoms with E-state index in [0.29, 0.717) is 12.0 Å². The fourth-order valence-corrected chi connectivity index (χ4v) is 2.57. The highest BCUT2D eigenvalue weighted by molar-refractivity contribution is 5.75. The van der Waals surface area contributed by atoms with Crippen LogP contribution in [0.3, 0.4) is 0 Å². The zero-order valence-electron chi connectivity index (χ0n) is 9.46. The molecule has 2 N–H and O–H groups in total. The maximum absolute atomic E-state index is 11.8. The molecule has 2 atom stereocenters. The molecule has 2 aliphatic heterocycles. The lowest BCUT2D eigenvalue weighted by molar-refractivity contribution is 0.192. The van der Waals surface area contributed by atoms with E-state index in [4.69, 9.17) is 0 Å². The van der Waals surface area contributed by atoms with Gasteiger partial charge in [-0.1, -0.05) is 13.3 Å². The van der Waals surface area contributed by atoms with Gasteiger partial charge in [0.1, 0.15) is 0 Å². The van der Waals surface area contributed by atoms with Crippen molar-refractivity contribution in [3.8, 4) is 0 Å². The predicted octanol–water partition coefficient (Wildman–Crippen LogP) is 0.790. The summed E-state index contributed by atoms with van der Waals surface area (Å²) in [4.78, 5) is 13.9. The number of carbonyl (C=O) groups excluding carboxylic acids is 1. The number of likely N-dealkylation sites (tertiary alicyclic amines) is 1. The van der Waals surface area contributed by atoms with Crippen LogP contribution in [-0.2, 0) is 0 Å². The fraction of sp³-hybridized carbons (Fsp3) is 0.909. The van der Waals surface area contributed by atoms with Crippen molar-refractivity contribution in [3.05, 3.63) is 0 Å². The van der Waals surface area contributed by atoms with E-state index in [-0.39, 0.29) is 6.03 Å². The van der Waals surface area contributed by atoms with Crippen molar-refractivity contribution in [2.75, 3.05) is 26.2 Å².